The van der Waals surface area contributed by atoms with Crippen molar-refractivity contribution in [1.29, 1.82) is 0 Å². The Morgan fingerprint density at radius 2 is 2.06 bits per heavy atom. The van der Waals surface area contributed by atoms with E-state index in [0.29, 0.717) is 38.0 Å². The van der Waals surface area contributed by atoms with E-state index in [2.05, 4.69) is 20.1 Å². The van der Waals surface area contributed by atoms with Gasteiger partial charge in [-0.2, -0.15) is 5.10 Å². The van der Waals surface area contributed by atoms with Crippen LogP contribution < -0.4 is 4.74 Å². The number of H-pyrrole nitrogens is 1. The van der Waals surface area contributed by atoms with Crippen molar-refractivity contribution in [2.45, 2.75) is 43.9 Å². The molecule has 1 unspecified atom stereocenters. The predicted molar refractivity (Wildman–Crippen MR) is 125 cm³/mol. The number of nitrogens with zero attached hydrogens (tertiary/aromatic N) is 4. The Balaban J connectivity index is 1.45. The normalized spacial score (nSPS) is 21.5. The lowest BCUT2D eigenvalue weighted by Gasteiger charge is -2.43. The van der Waals surface area contributed by atoms with Crippen LogP contribution in [0.4, 0.5) is 17.6 Å². The van der Waals surface area contributed by atoms with Crippen LogP contribution in [0, 0.1) is 5.82 Å². The molecule has 194 valence electrons. The highest BCUT2D eigenvalue weighted by atomic mass is 19.3. The first-order valence-corrected chi connectivity index (χ1v) is 12.1. The van der Waals surface area contributed by atoms with Crippen molar-refractivity contribution in [3.63, 3.8) is 0 Å². The minimum absolute atomic E-state index is 0.0184. The van der Waals surface area contributed by atoms with E-state index in [1.807, 2.05) is 6.92 Å². The molecular weight excluding hydrogens is 478 g/mol. The molecule has 2 aromatic heterocycles. The van der Waals surface area contributed by atoms with Gasteiger partial charge < -0.3 is 9.84 Å². The van der Waals surface area contributed by atoms with Crippen molar-refractivity contribution in [3.8, 4) is 5.75 Å². The lowest BCUT2D eigenvalue weighted by molar-refractivity contribution is -0.0867. The topological polar surface area (TPSA) is 77.5 Å². The summed E-state index contributed by atoms with van der Waals surface area (Å²) >= 11 is 0. The van der Waals surface area contributed by atoms with E-state index in [-0.39, 0.29) is 30.3 Å². The molecule has 0 bridgehead atoms. The van der Waals surface area contributed by atoms with E-state index in [4.69, 9.17) is 4.74 Å². The van der Waals surface area contributed by atoms with Crippen LogP contribution in [0.25, 0.3) is 10.9 Å². The fourth-order valence-corrected chi connectivity index (χ4v) is 5.24. The number of hydrogen-bond donors (Lipinski definition) is 2. The van der Waals surface area contributed by atoms with E-state index < -0.39 is 30.9 Å². The molecule has 2 aliphatic heterocycles. The quantitative estimate of drug-likeness (QED) is 0.432. The van der Waals surface area contributed by atoms with Crippen molar-refractivity contribution in [3.05, 3.63) is 53.2 Å². The average Bonchev–Trinajstić information content (AvgIpc) is 3.31. The van der Waals surface area contributed by atoms with E-state index in [1.165, 1.54) is 17.2 Å². The number of hydrogen-bond acceptors (Lipinski definition) is 6. The number of aromatic amines is 1. The molecule has 3 aromatic rings. The molecule has 2 atom stereocenters. The fourth-order valence-electron chi connectivity index (χ4n) is 5.24. The third-order valence-corrected chi connectivity index (χ3v) is 7.05. The summed E-state index contributed by atoms with van der Waals surface area (Å²) in [6.07, 6.45) is 3.90. The standard InChI is InChI=1S/C25H29F4N5O2/c1-15-7-19-18(3-4-22-20(19)10-31-32-22)24(34(15)13-25(28,29)14-35)23-21(27)8-16(9-30-23)36-17-11-33(12-17)6-2-5-26/h3-4,8-10,15,17,24,35H,2,5-7,11-14H2,1H3,(H,31,32)/t15-,24?/m1/s1. The van der Waals surface area contributed by atoms with Gasteiger partial charge in [0.2, 0.25) is 0 Å². The predicted octanol–water partition coefficient (Wildman–Crippen LogP) is 3.48. The first-order chi connectivity index (χ1) is 17.3. The zero-order chi connectivity index (χ0) is 25.4. The second-order valence-electron chi connectivity index (χ2n) is 9.69. The van der Waals surface area contributed by atoms with E-state index in [0.717, 1.165) is 16.5 Å². The monoisotopic (exact) mass is 507 g/mol. The maximum Gasteiger partial charge on any atom is 0.283 e. The minimum atomic E-state index is -3.36. The van der Waals surface area contributed by atoms with Crippen molar-refractivity contribution in [1.82, 2.24) is 25.0 Å². The average molecular weight is 508 g/mol. The highest BCUT2D eigenvalue weighted by Crippen LogP contribution is 2.42. The summed E-state index contributed by atoms with van der Waals surface area (Å²) in [7, 11) is 0. The van der Waals surface area contributed by atoms with Crippen molar-refractivity contribution in [2.24, 2.45) is 0 Å². The van der Waals surface area contributed by atoms with Crippen LogP contribution >= 0.6 is 0 Å². The number of alkyl halides is 3. The highest BCUT2D eigenvalue weighted by molar-refractivity contribution is 5.83. The number of ether oxygens (including phenoxy) is 1. The summed E-state index contributed by atoms with van der Waals surface area (Å²) in [4.78, 5) is 7.91. The Kier molecular flexibility index (Phi) is 6.88. The summed E-state index contributed by atoms with van der Waals surface area (Å²) in [5, 5.41) is 17.1. The van der Waals surface area contributed by atoms with Gasteiger partial charge in [-0.25, -0.2) is 13.2 Å². The van der Waals surface area contributed by atoms with Gasteiger partial charge in [-0.3, -0.25) is 24.3 Å². The number of rotatable bonds is 9. The molecule has 0 amide bonds. The molecule has 1 saturated heterocycles. The molecule has 0 aliphatic carbocycles. The van der Waals surface area contributed by atoms with Crippen LogP contribution in [0.5, 0.6) is 5.75 Å². The molecule has 7 nitrogen and oxygen atoms in total. The first-order valence-electron chi connectivity index (χ1n) is 12.1. The molecular formula is C25H29F4N5O2. The molecule has 2 aliphatic rings. The fraction of sp³-hybridized carbons (Fsp3) is 0.520. The number of likely N-dealkylation sites (tertiary alicyclic amines) is 1. The van der Waals surface area contributed by atoms with Gasteiger partial charge in [0.1, 0.15) is 24.3 Å². The maximum absolute atomic E-state index is 15.5. The van der Waals surface area contributed by atoms with Crippen LogP contribution in [0.2, 0.25) is 0 Å². The summed E-state index contributed by atoms with van der Waals surface area (Å²) < 4.78 is 62.5. The second-order valence-corrected chi connectivity index (χ2v) is 9.69. The summed E-state index contributed by atoms with van der Waals surface area (Å²) in [5.74, 6) is -3.76. The van der Waals surface area contributed by atoms with Gasteiger partial charge in [-0.15, -0.1) is 0 Å². The van der Waals surface area contributed by atoms with E-state index >= 15 is 4.39 Å². The lowest BCUT2D eigenvalue weighted by atomic mass is 9.84. The zero-order valence-corrected chi connectivity index (χ0v) is 19.9. The smallest absolute Gasteiger partial charge is 0.283 e. The Hall–Kier alpha value is -2.76. The third-order valence-electron chi connectivity index (χ3n) is 7.05. The lowest BCUT2D eigenvalue weighted by Crippen LogP contribution is -2.53. The number of pyridine rings is 1. The summed E-state index contributed by atoms with van der Waals surface area (Å²) in [6, 6.07) is 3.58. The Morgan fingerprint density at radius 1 is 1.25 bits per heavy atom. The molecule has 0 radical (unpaired) electrons. The number of aromatic nitrogens is 3. The van der Waals surface area contributed by atoms with Crippen LogP contribution in [-0.2, 0) is 6.42 Å². The van der Waals surface area contributed by atoms with Gasteiger partial charge in [-0.1, -0.05) is 6.07 Å². The van der Waals surface area contributed by atoms with Crippen LogP contribution in [0.3, 0.4) is 0 Å². The molecule has 1 aromatic carbocycles. The molecule has 36 heavy (non-hydrogen) atoms. The minimum Gasteiger partial charge on any atom is -0.486 e. The molecule has 5 rings (SSSR count). The second kappa shape index (κ2) is 9.95. The van der Waals surface area contributed by atoms with E-state index in [9.17, 15) is 18.3 Å². The van der Waals surface area contributed by atoms with Gasteiger partial charge in [0.15, 0.2) is 0 Å². The highest BCUT2D eigenvalue weighted by Gasteiger charge is 2.42. The maximum atomic E-state index is 15.5. The van der Waals surface area contributed by atoms with Gasteiger partial charge >= 0.3 is 0 Å². The van der Waals surface area contributed by atoms with Crippen LogP contribution in [0.1, 0.15) is 36.2 Å². The number of nitrogens with one attached hydrogen (secondary N) is 1. The number of aliphatic hydroxyl groups is 1. The molecule has 2 N–H and O–H groups in total. The number of halogens is 4. The zero-order valence-electron chi connectivity index (χ0n) is 19.9. The first kappa shape index (κ1) is 24.9. The molecule has 4 heterocycles. The van der Waals surface area contributed by atoms with Crippen molar-refractivity contribution in [2.75, 3.05) is 39.5 Å². The van der Waals surface area contributed by atoms with Gasteiger partial charge in [0.05, 0.1) is 42.9 Å². The summed E-state index contributed by atoms with van der Waals surface area (Å²) in [5.41, 5.74) is 2.42. The Morgan fingerprint density at radius 3 is 2.78 bits per heavy atom. The van der Waals surface area contributed by atoms with Crippen LogP contribution in [-0.4, -0.2) is 87.6 Å². The number of benzene rings is 1. The molecule has 0 saturated carbocycles. The third kappa shape index (κ3) is 4.79. The largest absolute Gasteiger partial charge is 0.486 e. The SMILES string of the molecule is C[C@@H]1Cc2c(ccc3[nH]ncc23)C(c2ncc(OC3CN(CCCF)C3)cc2F)N1CC(F)(F)CO. The summed E-state index contributed by atoms with van der Waals surface area (Å²) in [6.45, 7) is 1.30. The Bertz CT molecular complexity index is 1220. The van der Waals surface area contributed by atoms with E-state index in [1.54, 1.807) is 18.3 Å². The Labute approximate surface area is 206 Å². The van der Waals surface area contributed by atoms with Gasteiger partial charge in [-0.05, 0) is 37.0 Å². The van der Waals surface area contributed by atoms with Gasteiger partial charge in [0.25, 0.3) is 5.92 Å². The molecule has 11 heteroatoms. The van der Waals surface area contributed by atoms with Crippen LogP contribution in [0.15, 0.2) is 30.6 Å². The van der Waals surface area contributed by atoms with Crippen molar-refractivity contribution >= 4 is 10.9 Å². The number of aliphatic hydroxyl groups excluding tert-OH is 1. The number of fused-ring (bicyclic) bond motifs is 3. The molecule has 0 spiro atoms. The molecule has 1 fully saturated rings. The van der Waals surface area contributed by atoms with Crippen molar-refractivity contribution < 1.29 is 27.4 Å². The van der Waals surface area contributed by atoms with Gasteiger partial charge in [0, 0.05) is 37.1 Å².